The summed E-state index contributed by atoms with van der Waals surface area (Å²) in [4.78, 5) is 25.3. The van der Waals surface area contributed by atoms with Gasteiger partial charge >= 0.3 is 11.9 Å². The third-order valence-electron chi connectivity index (χ3n) is 3.91. The third kappa shape index (κ3) is 3.26. The minimum atomic E-state index is -0.471. The summed E-state index contributed by atoms with van der Waals surface area (Å²) in [6, 6.07) is 1.84. The fraction of sp³-hybridized carbons (Fsp3) is 0.600. The van der Waals surface area contributed by atoms with Gasteiger partial charge in [-0.05, 0) is 18.9 Å². The second-order valence-corrected chi connectivity index (χ2v) is 5.52. The van der Waals surface area contributed by atoms with Crippen LogP contribution in [0, 0.1) is 18.8 Å². The second kappa shape index (κ2) is 6.30. The Morgan fingerprint density at radius 1 is 1.33 bits per heavy atom. The summed E-state index contributed by atoms with van der Waals surface area (Å²) in [5, 5.41) is 0. The lowest BCUT2D eigenvalue weighted by Gasteiger charge is -2.13. The molecule has 2 heterocycles. The highest BCUT2D eigenvalue weighted by Gasteiger charge is 2.35. The first-order chi connectivity index (χ1) is 9.96. The van der Waals surface area contributed by atoms with Gasteiger partial charge < -0.3 is 13.9 Å². The van der Waals surface area contributed by atoms with Crippen molar-refractivity contribution < 1.29 is 23.5 Å². The number of methoxy groups -OCH3 is 2. The van der Waals surface area contributed by atoms with Crippen molar-refractivity contribution >= 4 is 11.9 Å². The molecule has 0 aromatic carbocycles. The molecule has 2 atom stereocenters. The number of carbonyl (C=O) groups is 2. The number of hydrogen-bond acceptors (Lipinski definition) is 6. The van der Waals surface area contributed by atoms with Gasteiger partial charge in [-0.15, -0.1) is 0 Å². The summed E-state index contributed by atoms with van der Waals surface area (Å²) in [5.41, 5.74) is 0.758. The van der Waals surface area contributed by atoms with Crippen molar-refractivity contribution in [3.05, 3.63) is 23.2 Å². The molecule has 1 saturated heterocycles. The van der Waals surface area contributed by atoms with Gasteiger partial charge in [0.2, 0.25) is 5.76 Å². The molecule has 0 radical (unpaired) electrons. The zero-order valence-electron chi connectivity index (χ0n) is 12.8. The van der Waals surface area contributed by atoms with Crippen molar-refractivity contribution in [3.63, 3.8) is 0 Å². The molecule has 2 unspecified atom stereocenters. The Kier molecular flexibility index (Phi) is 4.67. The largest absolute Gasteiger partial charge is 0.469 e. The summed E-state index contributed by atoms with van der Waals surface area (Å²) in [6.07, 6.45) is 0. The minimum Gasteiger partial charge on any atom is -0.469 e. The van der Waals surface area contributed by atoms with E-state index in [4.69, 9.17) is 9.15 Å². The lowest BCUT2D eigenvalue weighted by molar-refractivity contribution is -0.146. The van der Waals surface area contributed by atoms with E-state index in [1.54, 1.807) is 0 Å². The Hall–Kier alpha value is -1.82. The van der Waals surface area contributed by atoms with Crippen LogP contribution in [-0.2, 0) is 20.8 Å². The van der Waals surface area contributed by atoms with Gasteiger partial charge in [0.1, 0.15) is 5.76 Å². The number of likely N-dealkylation sites (tertiary alicyclic amines) is 1. The molecule has 0 spiro atoms. The van der Waals surface area contributed by atoms with Crippen molar-refractivity contribution in [2.45, 2.75) is 20.4 Å². The normalized spacial score (nSPS) is 22.3. The molecule has 0 saturated carbocycles. The predicted molar refractivity (Wildman–Crippen MR) is 74.7 cm³/mol. The fourth-order valence-electron chi connectivity index (χ4n) is 2.80. The first-order valence-corrected chi connectivity index (χ1v) is 6.94. The van der Waals surface area contributed by atoms with Crippen LogP contribution in [0.15, 0.2) is 10.5 Å². The maximum atomic E-state index is 11.7. The molecule has 0 aliphatic carbocycles. The minimum absolute atomic E-state index is 0.105. The van der Waals surface area contributed by atoms with Crippen LogP contribution in [0.1, 0.15) is 28.8 Å². The second-order valence-electron chi connectivity index (χ2n) is 5.52. The molecule has 0 bridgehead atoms. The maximum absolute atomic E-state index is 11.7. The average molecular weight is 295 g/mol. The van der Waals surface area contributed by atoms with E-state index in [-0.39, 0.29) is 23.6 Å². The molecule has 21 heavy (non-hydrogen) atoms. The van der Waals surface area contributed by atoms with Gasteiger partial charge in [-0.2, -0.15) is 0 Å². The Balaban J connectivity index is 2.03. The van der Waals surface area contributed by atoms with Gasteiger partial charge in [-0.1, -0.05) is 6.92 Å². The Morgan fingerprint density at radius 3 is 2.67 bits per heavy atom. The van der Waals surface area contributed by atoms with Gasteiger partial charge in [0.05, 0.1) is 26.7 Å². The molecular formula is C15H21NO5. The highest BCUT2D eigenvalue weighted by atomic mass is 16.5. The van der Waals surface area contributed by atoms with E-state index in [9.17, 15) is 9.59 Å². The van der Waals surface area contributed by atoms with Crippen molar-refractivity contribution in [3.8, 4) is 0 Å². The number of hydrogen-bond donors (Lipinski definition) is 0. The zero-order chi connectivity index (χ0) is 15.6. The summed E-state index contributed by atoms with van der Waals surface area (Å²) in [5.74, 6) is 0.437. The molecule has 0 N–H and O–H groups in total. The van der Waals surface area contributed by atoms with Crippen LogP contribution < -0.4 is 0 Å². The molecule has 116 valence electrons. The number of furan rings is 1. The predicted octanol–water partition coefficient (Wildman–Crippen LogP) is 1.62. The number of ether oxygens (including phenoxy) is 2. The van der Waals surface area contributed by atoms with Gasteiger partial charge in [0, 0.05) is 18.7 Å². The van der Waals surface area contributed by atoms with E-state index in [1.165, 1.54) is 14.2 Å². The Morgan fingerprint density at radius 2 is 2.05 bits per heavy atom. The monoisotopic (exact) mass is 295 g/mol. The van der Waals surface area contributed by atoms with Crippen molar-refractivity contribution in [1.82, 2.24) is 4.90 Å². The van der Waals surface area contributed by atoms with Gasteiger partial charge in [0.25, 0.3) is 0 Å². The summed E-state index contributed by atoms with van der Waals surface area (Å²) < 4.78 is 15.0. The smallest absolute Gasteiger partial charge is 0.374 e. The first-order valence-electron chi connectivity index (χ1n) is 6.94. The molecule has 1 aromatic heterocycles. The lowest BCUT2D eigenvalue weighted by Crippen LogP contribution is -2.24. The number of carbonyl (C=O) groups excluding carboxylic acids is 2. The average Bonchev–Trinajstić information content (AvgIpc) is 3.00. The molecule has 1 fully saturated rings. The van der Waals surface area contributed by atoms with E-state index >= 15 is 0 Å². The molecule has 0 amide bonds. The van der Waals surface area contributed by atoms with Crippen LogP contribution in [0.2, 0.25) is 0 Å². The topological polar surface area (TPSA) is 69.0 Å². The van der Waals surface area contributed by atoms with E-state index in [2.05, 4.69) is 9.64 Å². The molecule has 6 heteroatoms. The summed E-state index contributed by atoms with van der Waals surface area (Å²) in [6.45, 7) is 5.85. The quantitative estimate of drug-likeness (QED) is 0.786. The molecule has 1 aliphatic heterocycles. The van der Waals surface area contributed by atoms with E-state index in [1.807, 2.05) is 19.9 Å². The standard InChI is InChI=1S/C15H21NO5/c1-9-5-11(21-13(9)15(18)20-4)7-16-6-10(2)12(8-16)14(17)19-3/h5,10,12H,6-8H2,1-4H3. The summed E-state index contributed by atoms with van der Waals surface area (Å²) in [7, 11) is 2.74. The summed E-state index contributed by atoms with van der Waals surface area (Å²) >= 11 is 0. The molecule has 6 nitrogen and oxygen atoms in total. The van der Waals surface area contributed by atoms with Gasteiger partial charge in [-0.25, -0.2) is 4.79 Å². The van der Waals surface area contributed by atoms with Crippen molar-refractivity contribution in [2.75, 3.05) is 27.3 Å². The van der Waals surface area contributed by atoms with Crippen molar-refractivity contribution in [2.24, 2.45) is 11.8 Å². The molecule has 2 rings (SSSR count). The van der Waals surface area contributed by atoms with E-state index < -0.39 is 5.97 Å². The van der Waals surface area contributed by atoms with Gasteiger partial charge in [0.15, 0.2) is 0 Å². The van der Waals surface area contributed by atoms with Gasteiger partial charge in [-0.3, -0.25) is 9.69 Å². The maximum Gasteiger partial charge on any atom is 0.374 e. The SMILES string of the molecule is COC(=O)c1oc(CN2CC(C)C(C(=O)OC)C2)cc1C. The van der Waals surface area contributed by atoms with Crippen LogP contribution in [0.3, 0.4) is 0 Å². The van der Waals surface area contributed by atoms with Crippen LogP contribution >= 0.6 is 0 Å². The number of nitrogens with zero attached hydrogens (tertiary/aromatic N) is 1. The lowest BCUT2D eigenvalue weighted by atomic mass is 9.99. The van der Waals surface area contributed by atoms with E-state index in [0.717, 1.165) is 12.1 Å². The third-order valence-corrected chi connectivity index (χ3v) is 3.91. The zero-order valence-corrected chi connectivity index (χ0v) is 12.8. The van der Waals surface area contributed by atoms with Crippen LogP contribution in [0.5, 0.6) is 0 Å². The number of esters is 2. The van der Waals surface area contributed by atoms with Crippen LogP contribution in [0.25, 0.3) is 0 Å². The number of rotatable bonds is 4. The highest BCUT2D eigenvalue weighted by molar-refractivity contribution is 5.87. The highest BCUT2D eigenvalue weighted by Crippen LogP contribution is 2.26. The Labute approximate surface area is 124 Å². The molecular weight excluding hydrogens is 274 g/mol. The fourth-order valence-corrected chi connectivity index (χ4v) is 2.80. The van der Waals surface area contributed by atoms with E-state index in [0.29, 0.717) is 18.8 Å². The van der Waals surface area contributed by atoms with Crippen LogP contribution in [-0.4, -0.2) is 44.1 Å². The molecule has 1 aliphatic rings. The van der Waals surface area contributed by atoms with Crippen molar-refractivity contribution in [1.29, 1.82) is 0 Å². The Bertz CT molecular complexity index is 536. The number of aryl methyl sites for hydroxylation is 1. The van der Waals surface area contributed by atoms with Crippen LogP contribution in [0.4, 0.5) is 0 Å². The first kappa shape index (κ1) is 15.6. The molecule has 1 aromatic rings.